The molecule has 0 radical (unpaired) electrons. The third-order valence-electron chi connectivity index (χ3n) is 1.50. The van der Waals surface area contributed by atoms with Crippen molar-refractivity contribution in [1.29, 1.82) is 0 Å². The number of carbonyl (C=O) groups excluding carboxylic acids is 1. The van der Waals surface area contributed by atoms with E-state index >= 15 is 0 Å². The van der Waals surface area contributed by atoms with Crippen LogP contribution >= 0.6 is 0 Å². The second-order valence-corrected chi connectivity index (χ2v) is 2.48. The molecule has 0 unspecified atom stereocenters. The van der Waals surface area contributed by atoms with Crippen molar-refractivity contribution in [3.05, 3.63) is 29.2 Å². The van der Waals surface area contributed by atoms with Crippen LogP contribution in [0.15, 0.2) is 29.4 Å². The van der Waals surface area contributed by atoms with Crippen LogP contribution in [0.2, 0.25) is 0 Å². The van der Waals surface area contributed by atoms with Crippen LogP contribution in [0.5, 0.6) is 5.75 Å². The van der Waals surface area contributed by atoms with E-state index in [0.717, 1.165) is 0 Å². The van der Waals surface area contributed by atoms with Crippen LogP contribution in [-0.4, -0.2) is 12.6 Å². The number of hydrogen-bond acceptors (Lipinski definition) is 3. The van der Waals surface area contributed by atoms with Gasteiger partial charge in [-0.05, 0) is 31.2 Å². The fourth-order valence-electron chi connectivity index (χ4n) is 0.947. The highest BCUT2D eigenvalue weighted by atomic mass is 16.5. The molecule has 14 heavy (non-hydrogen) atoms. The molecule has 0 heterocycles. The van der Waals surface area contributed by atoms with Crippen LogP contribution in [0.4, 0.5) is 10.5 Å². The number of nitrogens with zero attached hydrogens (tertiary/aromatic N) is 1. The summed E-state index contributed by atoms with van der Waals surface area (Å²) in [5.41, 5.74) is 0.512. The summed E-state index contributed by atoms with van der Waals surface area (Å²) in [5, 5.41) is 4.50. The number of rotatable bonds is 3. The first-order valence-electron chi connectivity index (χ1n) is 4.13. The second kappa shape index (κ2) is 4.96. The first-order chi connectivity index (χ1) is 6.76. The second-order valence-electron chi connectivity index (χ2n) is 2.48. The predicted octanol–water partition coefficient (Wildman–Crippen LogP) is 2.38. The van der Waals surface area contributed by atoms with Gasteiger partial charge in [-0.3, -0.25) is 0 Å². The van der Waals surface area contributed by atoms with Crippen LogP contribution in [0.25, 0.3) is 0 Å². The fraction of sp³-hybridized carbons (Fsp3) is 0.222. The third-order valence-corrected chi connectivity index (χ3v) is 1.50. The van der Waals surface area contributed by atoms with Gasteiger partial charge in [0.25, 0.3) is 0 Å². The van der Waals surface area contributed by atoms with Gasteiger partial charge in [0, 0.05) is 10.9 Å². The van der Waals surface area contributed by atoms with Crippen LogP contribution in [0.3, 0.4) is 0 Å². The topological polar surface area (TPSA) is 67.8 Å². The number of ether oxygens (including phenoxy) is 1. The zero-order valence-corrected chi connectivity index (χ0v) is 7.69. The van der Waals surface area contributed by atoms with E-state index in [-0.39, 0.29) is 0 Å². The van der Waals surface area contributed by atoms with E-state index < -0.39 is 6.03 Å². The van der Waals surface area contributed by atoms with Crippen LogP contribution < -0.4 is 10.1 Å². The standard InChI is InChI=1S/C9H10N2O3/c1-2-14-8-5-3-7(4-6-8)10-9(12)11-13/h3-6H,2H2,1H3,(H,10,12). The Labute approximate surface area is 81.0 Å². The molecule has 0 spiro atoms. The van der Waals surface area contributed by atoms with E-state index in [4.69, 9.17) is 4.74 Å². The van der Waals surface area contributed by atoms with Crippen molar-refractivity contribution in [1.82, 2.24) is 0 Å². The molecule has 0 bridgehead atoms. The molecule has 0 aliphatic rings. The van der Waals surface area contributed by atoms with Gasteiger partial charge < -0.3 is 10.1 Å². The van der Waals surface area contributed by atoms with Crippen molar-refractivity contribution in [2.75, 3.05) is 11.9 Å². The summed E-state index contributed by atoms with van der Waals surface area (Å²) in [7, 11) is 0. The molecule has 2 amide bonds. The molecule has 1 aromatic carbocycles. The maximum Gasteiger partial charge on any atom is 0.383 e. The van der Waals surface area contributed by atoms with Gasteiger partial charge in [-0.2, -0.15) is 0 Å². The summed E-state index contributed by atoms with van der Waals surface area (Å²) in [6, 6.07) is 5.75. The lowest BCUT2D eigenvalue weighted by Crippen LogP contribution is -2.04. The van der Waals surface area contributed by atoms with Gasteiger partial charge in [-0.15, -0.1) is 4.91 Å². The summed E-state index contributed by atoms with van der Waals surface area (Å²) in [6.07, 6.45) is 0. The smallest absolute Gasteiger partial charge is 0.383 e. The Morgan fingerprint density at radius 2 is 2.07 bits per heavy atom. The van der Waals surface area contributed by atoms with E-state index in [0.29, 0.717) is 18.0 Å². The van der Waals surface area contributed by atoms with E-state index in [1.807, 2.05) is 6.92 Å². The van der Waals surface area contributed by atoms with Crippen molar-refractivity contribution < 1.29 is 9.53 Å². The van der Waals surface area contributed by atoms with Gasteiger partial charge in [0.05, 0.1) is 6.61 Å². The monoisotopic (exact) mass is 194 g/mol. The highest BCUT2D eigenvalue weighted by Crippen LogP contribution is 2.15. The minimum atomic E-state index is -0.908. The summed E-state index contributed by atoms with van der Waals surface area (Å²) in [5.74, 6) is 0.713. The fourth-order valence-corrected chi connectivity index (χ4v) is 0.947. The van der Waals surface area contributed by atoms with E-state index in [1.165, 1.54) is 0 Å². The maximum atomic E-state index is 10.6. The van der Waals surface area contributed by atoms with Gasteiger partial charge in [0.2, 0.25) is 0 Å². The number of urea groups is 1. The zero-order valence-electron chi connectivity index (χ0n) is 7.69. The molecule has 0 aromatic heterocycles. The molecular formula is C9H10N2O3. The van der Waals surface area contributed by atoms with Crippen LogP contribution in [0, 0.1) is 4.91 Å². The SMILES string of the molecule is CCOc1ccc(NC(=O)N=O)cc1. The molecule has 0 saturated heterocycles. The van der Waals surface area contributed by atoms with Crippen molar-refractivity contribution in [3.8, 4) is 5.75 Å². The summed E-state index contributed by atoms with van der Waals surface area (Å²) < 4.78 is 5.19. The molecule has 0 fully saturated rings. The van der Waals surface area contributed by atoms with Crippen LogP contribution in [0.1, 0.15) is 6.92 Å². The molecule has 0 atom stereocenters. The number of anilines is 1. The summed E-state index contributed by atoms with van der Waals surface area (Å²) in [6.45, 7) is 2.47. The van der Waals surface area contributed by atoms with Gasteiger partial charge in [0.15, 0.2) is 0 Å². The van der Waals surface area contributed by atoms with Crippen LogP contribution in [-0.2, 0) is 0 Å². The van der Waals surface area contributed by atoms with Crippen molar-refractivity contribution in [2.24, 2.45) is 5.18 Å². The number of carbonyl (C=O) groups is 1. The largest absolute Gasteiger partial charge is 0.494 e. The van der Waals surface area contributed by atoms with Crippen molar-refractivity contribution >= 4 is 11.7 Å². The number of hydrogen-bond donors (Lipinski definition) is 1. The quantitative estimate of drug-likeness (QED) is 0.751. The molecule has 1 N–H and O–H groups in total. The lowest BCUT2D eigenvalue weighted by molar-refractivity contribution is 0.259. The minimum absolute atomic E-state index is 0.512. The molecule has 1 aromatic rings. The summed E-state index contributed by atoms with van der Waals surface area (Å²) in [4.78, 5) is 20.4. The van der Waals surface area contributed by atoms with Gasteiger partial charge in [0.1, 0.15) is 5.75 Å². The van der Waals surface area contributed by atoms with E-state index in [1.54, 1.807) is 24.3 Å². The van der Waals surface area contributed by atoms with Crippen molar-refractivity contribution in [3.63, 3.8) is 0 Å². The number of amides is 2. The average molecular weight is 194 g/mol. The lowest BCUT2D eigenvalue weighted by atomic mass is 10.3. The van der Waals surface area contributed by atoms with Gasteiger partial charge >= 0.3 is 6.03 Å². The van der Waals surface area contributed by atoms with E-state index in [9.17, 15) is 9.70 Å². The number of benzene rings is 1. The first-order valence-corrected chi connectivity index (χ1v) is 4.13. The summed E-state index contributed by atoms with van der Waals surface area (Å²) >= 11 is 0. The normalized spacial score (nSPS) is 9.21. The Hall–Kier alpha value is -1.91. The Morgan fingerprint density at radius 1 is 1.43 bits per heavy atom. The zero-order chi connectivity index (χ0) is 10.4. The minimum Gasteiger partial charge on any atom is -0.494 e. The number of nitroso groups, excluding NO2 is 1. The highest BCUT2D eigenvalue weighted by Gasteiger charge is 2.00. The maximum absolute atomic E-state index is 10.6. The van der Waals surface area contributed by atoms with E-state index in [2.05, 4.69) is 10.5 Å². The molecular weight excluding hydrogens is 184 g/mol. The Kier molecular flexibility index (Phi) is 3.60. The lowest BCUT2D eigenvalue weighted by Gasteiger charge is -2.03. The Morgan fingerprint density at radius 3 is 2.57 bits per heavy atom. The Balaban J connectivity index is 2.63. The predicted molar refractivity (Wildman–Crippen MR) is 52.4 cm³/mol. The molecule has 5 heteroatoms. The highest BCUT2D eigenvalue weighted by molar-refractivity contribution is 5.89. The third kappa shape index (κ3) is 2.85. The molecule has 0 aliphatic carbocycles. The molecule has 0 aliphatic heterocycles. The first kappa shape index (κ1) is 10.2. The van der Waals surface area contributed by atoms with Gasteiger partial charge in [-0.25, -0.2) is 4.79 Å². The average Bonchev–Trinajstić information content (AvgIpc) is 2.21. The Bertz CT molecular complexity index is 321. The molecule has 1 rings (SSSR count). The van der Waals surface area contributed by atoms with Crippen molar-refractivity contribution in [2.45, 2.75) is 6.92 Å². The molecule has 0 saturated carbocycles. The number of nitrogens with one attached hydrogen (secondary N) is 1. The molecule has 74 valence electrons. The molecule has 5 nitrogen and oxygen atoms in total. The van der Waals surface area contributed by atoms with Gasteiger partial charge in [-0.1, -0.05) is 0 Å².